The maximum Gasteiger partial charge on any atom is 0.260 e. The van der Waals surface area contributed by atoms with Gasteiger partial charge in [-0.3, -0.25) is 9.69 Å². The van der Waals surface area contributed by atoms with E-state index in [-0.39, 0.29) is 25.2 Å². The van der Waals surface area contributed by atoms with Gasteiger partial charge in [-0.1, -0.05) is 32.0 Å². The largest absolute Gasteiger partial charge is 0.484 e. The van der Waals surface area contributed by atoms with Crippen LogP contribution in [0.4, 0.5) is 0 Å². The van der Waals surface area contributed by atoms with Gasteiger partial charge in [0.15, 0.2) is 6.61 Å². The van der Waals surface area contributed by atoms with Gasteiger partial charge in [-0.2, -0.15) is 0 Å². The Bertz CT molecular complexity index is 798. The van der Waals surface area contributed by atoms with E-state index in [1.165, 1.54) is 0 Å². The molecule has 1 aliphatic rings. The summed E-state index contributed by atoms with van der Waals surface area (Å²) in [7, 11) is 0. The van der Waals surface area contributed by atoms with Crippen LogP contribution in [0, 0.1) is 5.92 Å². The molecule has 1 N–H and O–H groups in total. The van der Waals surface area contributed by atoms with E-state index in [9.17, 15) is 9.90 Å². The van der Waals surface area contributed by atoms with Crippen molar-refractivity contribution < 1.29 is 28.5 Å². The molecule has 2 aromatic rings. The lowest BCUT2D eigenvalue weighted by Crippen LogP contribution is -2.51. The van der Waals surface area contributed by atoms with Crippen molar-refractivity contribution in [2.24, 2.45) is 5.92 Å². The first kappa shape index (κ1) is 25.2. The minimum absolute atomic E-state index is 0.00110. The summed E-state index contributed by atoms with van der Waals surface area (Å²) in [6, 6.07) is 13.0. The molecule has 0 bridgehead atoms. The van der Waals surface area contributed by atoms with Crippen LogP contribution in [-0.4, -0.2) is 85.6 Å². The highest BCUT2D eigenvalue weighted by molar-refractivity contribution is 5.77. The van der Waals surface area contributed by atoms with Crippen molar-refractivity contribution in [1.29, 1.82) is 0 Å². The van der Waals surface area contributed by atoms with Gasteiger partial charge < -0.3 is 28.6 Å². The summed E-state index contributed by atoms with van der Waals surface area (Å²) in [6.45, 7) is 8.33. The summed E-state index contributed by atoms with van der Waals surface area (Å²) in [6.07, 6.45) is 0.880. The van der Waals surface area contributed by atoms with Crippen molar-refractivity contribution in [2.75, 3.05) is 52.5 Å². The minimum atomic E-state index is -0.605. The topological polar surface area (TPSA) is 84.6 Å². The van der Waals surface area contributed by atoms with Crippen molar-refractivity contribution >= 4 is 5.91 Å². The van der Waals surface area contributed by atoms with Gasteiger partial charge in [0, 0.05) is 32.7 Å². The van der Waals surface area contributed by atoms with Crippen LogP contribution in [0.3, 0.4) is 0 Å². The Balaban J connectivity index is 1.44. The quantitative estimate of drug-likeness (QED) is 0.491. The van der Waals surface area contributed by atoms with Gasteiger partial charge in [0.2, 0.25) is 0 Å². The Labute approximate surface area is 196 Å². The first-order chi connectivity index (χ1) is 16.0. The van der Waals surface area contributed by atoms with Gasteiger partial charge in [-0.25, -0.2) is 0 Å². The molecule has 1 amide bonds. The highest BCUT2D eigenvalue weighted by atomic mass is 16.5. The fourth-order valence-electron chi connectivity index (χ4n) is 3.82. The first-order valence-electron chi connectivity index (χ1n) is 11.6. The minimum Gasteiger partial charge on any atom is -0.484 e. The Morgan fingerprint density at radius 1 is 1.24 bits per heavy atom. The molecule has 1 saturated heterocycles. The smallest absolute Gasteiger partial charge is 0.260 e. The number of aliphatic hydroxyl groups is 1. The van der Waals surface area contributed by atoms with E-state index >= 15 is 0 Å². The predicted octanol–water partition coefficient (Wildman–Crippen LogP) is 2.42. The van der Waals surface area contributed by atoms with Crippen molar-refractivity contribution in [1.82, 2.24) is 9.80 Å². The summed E-state index contributed by atoms with van der Waals surface area (Å²) >= 11 is 0. The van der Waals surface area contributed by atoms with Gasteiger partial charge >= 0.3 is 0 Å². The van der Waals surface area contributed by atoms with Crippen molar-refractivity contribution in [3.8, 4) is 5.75 Å². The lowest BCUT2D eigenvalue weighted by molar-refractivity contribution is -0.137. The number of hydrogen-bond donors (Lipinski definition) is 1. The highest BCUT2D eigenvalue weighted by Crippen LogP contribution is 2.12. The van der Waals surface area contributed by atoms with Crippen LogP contribution in [0.15, 0.2) is 53.1 Å². The molecular formula is C25H36N2O6. The molecule has 8 heteroatoms. The van der Waals surface area contributed by atoms with Crippen LogP contribution in [0.2, 0.25) is 0 Å². The average Bonchev–Trinajstić information content (AvgIpc) is 3.31. The molecule has 2 atom stereocenters. The molecule has 0 saturated carbocycles. The third-order valence-corrected chi connectivity index (χ3v) is 5.29. The number of ether oxygens (including phenoxy) is 3. The van der Waals surface area contributed by atoms with Gasteiger partial charge in [0.05, 0.1) is 31.7 Å². The molecule has 0 radical (unpaired) electrons. The number of amides is 1. The Morgan fingerprint density at radius 3 is 2.79 bits per heavy atom. The lowest BCUT2D eigenvalue weighted by Gasteiger charge is -2.37. The standard InChI is InChI=1S/C25H36N2O6/c1-20(2)13-27(25(29)19-33-22-7-4-3-5-8-22)16-24-15-26(10-12-32-24)14-21(28)17-30-18-23-9-6-11-31-23/h3-9,11,20-21,24,28H,10,12-19H2,1-2H3/t21-,24+/m1/s1. The molecule has 1 aromatic carbocycles. The second-order valence-corrected chi connectivity index (χ2v) is 8.79. The fraction of sp³-hybridized carbons (Fsp3) is 0.560. The number of carbonyl (C=O) groups is 1. The van der Waals surface area contributed by atoms with Crippen molar-refractivity contribution in [3.05, 3.63) is 54.5 Å². The van der Waals surface area contributed by atoms with Crippen LogP contribution in [0.25, 0.3) is 0 Å². The van der Waals surface area contributed by atoms with Crippen LogP contribution in [-0.2, 0) is 20.9 Å². The van der Waals surface area contributed by atoms with Crippen LogP contribution >= 0.6 is 0 Å². The molecule has 8 nitrogen and oxygen atoms in total. The normalized spacial score (nSPS) is 17.8. The zero-order chi connectivity index (χ0) is 23.5. The number of carbonyl (C=O) groups excluding carboxylic acids is 1. The van der Waals surface area contributed by atoms with E-state index in [1.807, 2.05) is 47.4 Å². The molecule has 1 aliphatic heterocycles. The molecule has 1 aromatic heterocycles. The molecular weight excluding hydrogens is 424 g/mol. The van der Waals surface area contributed by atoms with Crippen LogP contribution < -0.4 is 4.74 Å². The third kappa shape index (κ3) is 9.17. The molecule has 182 valence electrons. The maximum absolute atomic E-state index is 12.9. The maximum atomic E-state index is 12.9. The van der Waals surface area contributed by atoms with E-state index in [0.29, 0.717) is 51.1 Å². The third-order valence-electron chi connectivity index (χ3n) is 5.29. The number of rotatable bonds is 13. The van der Waals surface area contributed by atoms with Gasteiger partial charge in [0.25, 0.3) is 5.91 Å². The van der Waals surface area contributed by atoms with Crippen molar-refractivity contribution in [2.45, 2.75) is 32.7 Å². The zero-order valence-electron chi connectivity index (χ0n) is 19.6. The number of furan rings is 1. The number of morpholine rings is 1. The highest BCUT2D eigenvalue weighted by Gasteiger charge is 2.26. The zero-order valence-corrected chi connectivity index (χ0v) is 19.6. The van der Waals surface area contributed by atoms with E-state index in [4.69, 9.17) is 18.6 Å². The second kappa shape index (κ2) is 13.3. The van der Waals surface area contributed by atoms with Crippen LogP contribution in [0.1, 0.15) is 19.6 Å². The molecule has 2 heterocycles. The lowest BCUT2D eigenvalue weighted by atomic mass is 10.1. The Kier molecular flexibility index (Phi) is 10.2. The number of hydrogen-bond acceptors (Lipinski definition) is 7. The molecule has 0 spiro atoms. The number of β-amino-alcohol motifs (C(OH)–C–C–N with tert-alkyl or cyclic N) is 1. The monoisotopic (exact) mass is 460 g/mol. The first-order valence-corrected chi connectivity index (χ1v) is 11.6. The average molecular weight is 461 g/mol. The Hall–Kier alpha value is -2.39. The summed E-state index contributed by atoms with van der Waals surface area (Å²) < 4.78 is 22.4. The second-order valence-electron chi connectivity index (χ2n) is 8.79. The molecule has 0 aliphatic carbocycles. The number of nitrogens with zero attached hydrogens (tertiary/aromatic N) is 2. The van der Waals surface area contributed by atoms with E-state index in [2.05, 4.69) is 18.7 Å². The predicted molar refractivity (Wildman–Crippen MR) is 124 cm³/mol. The fourth-order valence-corrected chi connectivity index (χ4v) is 3.82. The molecule has 0 unspecified atom stereocenters. The number of aliphatic hydroxyl groups excluding tert-OH is 1. The molecule has 1 fully saturated rings. The molecule has 33 heavy (non-hydrogen) atoms. The summed E-state index contributed by atoms with van der Waals surface area (Å²) in [5.74, 6) is 1.69. The van der Waals surface area contributed by atoms with Gasteiger partial charge in [-0.05, 0) is 30.2 Å². The van der Waals surface area contributed by atoms with Gasteiger partial charge in [0.1, 0.15) is 18.1 Å². The van der Waals surface area contributed by atoms with E-state index in [1.54, 1.807) is 6.26 Å². The summed E-state index contributed by atoms with van der Waals surface area (Å²) in [4.78, 5) is 16.9. The van der Waals surface area contributed by atoms with Crippen LogP contribution in [0.5, 0.6) is 5.75 Å². The summed E-state index contributed by atoms with van der Waals surface area (Å²) in [5.41, 5.74) is 0. The SMILES string of the molecule is CC(C)CN(C[C@@H]1CN(C[C@@H](O)COCc2ccco2)CCO1)C(=O)COc1ccccc1. The van der Waals surface area contributed by atoms with E-state index < -0.39 is 6.10 Å². The summed E-state index contributed by atoms with van der Waals surface area (Å²) in [5, 5.41) is 10.4. The Morgan fingerprint density at radius 2 is 2.06 bits per heavy atom. The van der Waals surface area contributed by atoms with Gasteiger partial charge in [-0.15, -0.1) is 0 Å². The van der Waals surface area contributed by atoms with Crippen molar-refractivity contribution in [3.63, 3.8) is 0 Å². The number of para-hydroxylation sites is 1. The number of benzene rings is 1. The molecule has 3 rings (SSSR count). The van der Waals surface area contributed by atoms with E-state index in [0.717, 1.165) is 12.3 Å².